The average molecular weight is 274 g/mol. The first-order chi connectivity index (χ1) is 8.62. The molecular weight excluding hydrogens is 236 g/mol. The maximum atomic E-state index is 9.32. The van der Waals surface area contributed by atoms with Gasteiger partial charge in [-0.2, -0.15) is 0 Å². The summed E-state index contributed by atoms with van der Waals surface area (Å²) in [4.78, 5) is 0. The lowest BCUT2D eigenvalue weighted by atomic mass is 10.0. The Hall–Kier alpha value is -0.0800. The molecule has 0 heterocycles. The van der Waals surface area contributed by atoms with E-state index in [-0.39, 0.29) is 0 Å². The fraction of sp³-hybridized carbons (Fsp3) is 1.00. The van der Waals surface area contributed by atoms with Crippen molar-refractivity contribution in [2.75, 3.05) is 0 Å². The molecule has 0 aliphatic heterocycles. The molecule has 0 saturated heterocycles. The van der Waals surface area contributed by atoms with E-state index in [1.165, 1.54) is 32.1 Å². The van der Waals surface area contributed by atoms with Crippen LogP contribution < -0.4 is 0 Å². The van der Waals surface area contributed by atoms with Crippen molar-refractivity contribution < 1.29 is 10.2 Å². The van der Waals surface area contributed by atoms with Gasteiger partial charge in [-0.3, -0.25) is 0 Å². The summed E-state index contributed by atoms with van der Waals surface area (Å²) in [6.45, 7) is 11.8. The van der Waals surface area contributed by atoms with E-state index >= 15 is 0 Å². The van der Waals surface area contributed by atoms with E-state index in [4.69, 9.17) is 0 Å². The highest BCUT2D eigenvalue weighted by Crippen LogP contribution is 2.13. The molecule has 0 aliphatic rings. The Morgan fingerprint density at radius 2 is 0.895 bits per heavy atom. The van der Waals surface area contributed by atoms with Gasteiger partial charge in [0, 0.05) is 0 Å². The van der Waals surface area contributed by atoms with Gasteiger partial charge in [0.05, 0.1) is 11.2 Å². The molecule has 2 N–H and O–H groups in total. The van der Waals surface area contributed by atoms with Crippen molar-refractivity contribution in [3.8, 4) is 0 Å². The predicted molar refractivity (Wildman–Crippen MR) is 85.5 cm³/mol. The minimum Gasteiger partial charge on any atom is -0.390 e. The molecule has 118 valence electrons. The first-order valence-corrected chi connectivity index (χ1v) is 8.07. The number of rotatable bonds is 9. The van der Waals surface area contributed by atoms with E-state index in [1.807, 2.05) is 27.7 Å². The molecule has 0 fully saturated rings. The van der Waals surface area contributed by atoms with Gasteiger partial charge in [0.1, 0.15) is 0 Å². The van der Waals surface area contributed by atoms with Crippen molar-refractivity contribution in [1.82, 2.24) is 0 Å². The third-order valence-corrected chi connectivity index (χ3v) is 3.03. The molecule has 19 heavy (non-hydrogen) atoms. The molecule has 0 aromatic rings. The fourth-order valence-electron chi connectivity index (χ4n) is 1.79. The van der Waals surface area contributed by atoms with Crippen LogP contribution in [0.15, 0.2) is 0 Å². The summed E-state index contributed by atoms with van der Waals surface area (Å²) in [5, 5.41) is 18.6. The minimum absolute atomic E-state index is 0.449. The van der Waals surface area contributed by atoms with Crippen LogP contribution in [0.25, 0.3) is 0 Å². The van der Waals surface area contributed by atoms with Gasteiger partial charge in [-0.1, -0.05) is 58.8 Å². The topological polar surface area (TPSA) is 40.5 Å². The van der Waals surface area contributed by atoms with Crippen molar-refractivity contribution in [3.05, 3.63) is 0 Å². The zero-order valence-electron chi connectivity index (χ0n) is 14.3. The molecule has 0 unspecified atom stereocenters. The second-order valence-electron chi connectivity index (χ2n) is 6.89. The van der Waals surface area contributed by atoms with E-state index in [0.29, 0.717) is 0 Å². The molecule has 0 spiro atoms. The van der Waals surface area contributed by atoms with Crippen molar-refractivity contribution in [2.24, 2.45) is 0 Å². The number of aliphatic hydroxyl groups is 2. The van der Waals surface area contributed by atoms with Crippen LogP contribution in [0.5, 0.6) is 0 Å². The molecule has 0 rings (SSSR count). The van der Waals surface area contributed by atoms with E-state index in [2.05, 4.69) is 13.8 Å². The lowest BCUT2D eigenvalue weighted by Gasteiger charge is -2.15. The first kappa shape index (κ1) is 21.2. The second-order valence-corrected chi connectivity index (χ2v) is 6.89. The average Bonchev–Trinajstić information content (AvgIpc) is 2.23. The monoisotopic (exact) mass is 274 g/mol. The normalized spacial score (nSPS) is 12.0. The maximum Gasteiger partial charge on any atom is 0.0591 e. The zero-order chi connectivity index (χ0) is 15.4. The molecule has 0 bridgehead atoms. The van der Waals surface area contributed by atoms with Crippen LogP contribution in [0.1, 0.15) is 99.3 Å². The summed E-state index contributed by atoms with van der Waals surface area (Å²) in [5.41, 5.74) is -0.900. The summed E-state index contributed by atoms with van der Waals surface area (Å²) in [6.07, 6.45) is 10.5. The fourth-order valence-corrected chi connectivity index (χ4v) is 1.79. The summed E-state index contributed by atoms with van der Waals surface area (Å²) >= 11 is 0. The van der Waals surface area contributed by atoms with Gasteiger partial charge in [0.25, 0.3) is 0 Å². The second kappa shape index (κ2) is 11.7. The molecule has 0 radical (unpaired) electrons. The Bertz CT molecular complexity index is 175. The van der Waals surface area contributed by atoms with E-state index in [1.54, 1.807) is 0 Å². The van der Waals surface area contributed by atoms with Gasteiger partial charge in [-0.25, -0.2) is 0 Å². The van der Waals surface area contributed by atoms with Gasteiger partial charge in [-0.15, -0.1) is 0 Å². The van der Waals surface area contributed by atoms with Crippen LogP contribution in [0.3, 0.4) is 0 Å². The third kappa shape index (κ3) is 27.2. The molecule has 0 aromatic heterocycles. The summed E-state index contributed by atoms with van der Waals surface area (Å²) in [5.74, 6) is 0. The number of unbranched alkanes of at least 4 members (excludes halogenated alkanes) is 5. The van der Waals surface area contributed by atoms with Crippen LogP contribution in [0.2, 0.25) is 0 Å². The standard InChI is InChI=1S/C9H20O.C8H18O/c1-4-5-6-7-8-9(2,3)10;1-4-5-6-7-8(2,3)9/h10H,4-8H2,1-3H3;9H,4-7H2,1-3H3. The quantitative estimate of drug-likeness (QED) is 0.577. The van der Waals surface area contributed by atoms with E-state index in [9.17, 15) is 10.2 Å². The van der Waals surface area contributed by atoms with Crippen molar-refractivity contribution in [2.45, 2.75) is 111 Å². The Morgan fingerprint density at radius 1 is 0.579 bits per heavy atom. The SMILES string of the molecule is CCCCCC(C)(C)O.CCCCCCC(C)(C)O. The van der Waals surface area contributed by atoms with Crippen LogP contribution in [-0.2, 0) is 0 Å². The Labute approximate surface area is 121 Å². The van der Waals surface area contributed by atoms with E-state index in [0.717, 1.165) is 25.7 Å². The third-order valence-electron chi connectivity index (χ3n) is 3.03. The van der Waals surface area contributed by atoms with Crippen LogP contribution in [0.4, 0.5) is 0 Å². The molecule has 2 heteroatoms. The van der Waals surface area contributed by atoms with Gasteiger partial charge in [0.2, 0.25) is 0 Å². The zero-order valence-corrected chi connectivity index (χ0v) is 14.3. The number of hydrogen-bond acceptors (Lipinski definition) is 2. The molecule has 0 aliphatic carbocycles. The molecule has 0 atom stereocenters. The summed E-state index contributed by atoms with van der Waals surface area (Å²) in [7, 11) is 0. The van der Waals surface area contributed by atoms with Gasteiger partial charge in [-0.05, 0) is 40.5 Å². The minimum atomic E-state index is -0.451. The molecular formula is C17H38O2. The summed E-state index contributed by atoms with van der Waals surface area (Å²) < 4.78 is 0. The highest BCUT2D eigenvalue weighted by molar-refractivity contribution is 4.64. The molecule has 0 aromatic carbocycles. The van der Waals surface area contributed by atoms with Crippen molar-refractivity contribution in [1.29, 1.82) is 0 Å². The lowest BCUT2D eigenvalue weighted by Crippen LogP contribution is -2.17. The highest BCUT2D eigenvalue weighted by atomic mass is 16.3. The smallest absolute Gasteiger partial charge is 0.0591 e. The maximum absolute atomic E-state index is 9.32. The summed E-state index contributed by atoms with van der Waals surface area (Å²) in [6, 6.07) is 0. The highest BCUT2D eigenvalue weighted by Gasteiger charge is 2.10. The largest absolute Gasteiger partial charge is 0.390 e. The van der Waals surface area contributed by atoms with Gasteiger partial charge < -0.3 is 10.2 Å². The predicted octanol–water partition coefficient (Wildman–Crippen LogP) is 5.07. The van der Waals surface area contributed by atoms with Gasteiger partial charge >= 0.3 is 0 Å². The number of hydrogen-bond donors (Lipinski definition) is 2. The lowest BCUT2D eigenvalue weighted by molar-refractivity contribution is 0.0675. The molecule has 2 nitrogen and oxygen atoms in total. The van der Waals surface area contributed by atoms with E-state index < -0.39 is 11.2 Å². The van der Waals surface area contributed by atoms with Crippen LogP contribution in [0, 0.1) is 0 Å². The van der Waals surface area contributed by atoms with Crippen LogP contribution in [-0.4, -0.2) is 21.4 Å². The Morgan fingerprint density at radius 3 is 1.21 bits per heavy atom. The van der Waals surface area contributed by atoms with Crippen molar-refractivity contribution >= 4 is 0 Å². The molecule has 0 saturated carbocycles. The van der Waals surface area contributed by atoms with Gasteiger partial charge in [0.15, 0.2) is 0 Å². The molecule has 0 amide bonds. The van der Waals surface area contributed by atoms with Crippen LogP contribution >= 0.6 is 0 Å². The Kier molecular flexibility index (Phi) is 13.1. The van der Waals surface area contributed by atoms with Crippen molar-refractivity contribution in [3.63, 3.8) is 0 Å². The first-order valence-electron chi connectivity index (χ1n) is 8.07. The Balaban J connectivity index is 0.